The van der Waals surface area contributed by atoms with Gasteiger partial charge < -0.3 is 14.8 Å². The zero-order valence-electron chi connectivity index (χ0n) is 17.9. The van der Waals surface area contributed by atoms with Crippen molar-refractivity contribution in [3.05, 3.63) is 55.8 Å². The van der Waals surface area contributed by atoms with E-state index in [9.17, 15) is 27.6 Å². The molecule has 7 nitrogen and oxygen atoms in total. The fraction of sp³-hybridized carbons (Fsp3) is 0.227. The molecule has 3 amide bonds. The quantitative estimate of drug-likeness (QED) is 0.254. The molecule has 0 atom stereocenters. The summed E-state index contributed by atoms with van der Waals surface area (Å²) < 4.78 is 52.2. The average Bonchev–Trinajstić information content (AvgIpc) is 3.04. The monoisotopic (exact) mass is 606 g/mol. The van der Waals surface area contributed by atoms with E-state index >= 15 is 0 Å². The maximum atomic E-state index is 13.8. The van der Waals surface area contributed by atoms with E-state index in [0.717, 1.165) is 9.64 Å². The van der Waals surface area contributed by atoms with Gasteiger partial charge in [-0.1, -0.05) is 0 Å². The second-order valence-electron chi connectivity index (χ2n) is 6.73. The number of benzene rings is 2. The third kappa shape index (κ3) is 5.66. The Balaban J connectivity index is 1.78. The van der Waals surface area contributed by atoms with Crippen LogP contribution in [0.1, 0.15) is 19.4 Å². The molecule has 1 heterocycles. The highest BCUT2D eigenvalue weighted by Crippen LogP contribution is 2.37. The highest BCUT2D eigenvalue weighted by atomic mass is 127. The molecule has 0 spiro atoms. The minimum atomic E-state index is -1.75. The van der Waals surface area contributed by atoms with E-state index in [1.807, 2.05) is 19.2 Å². The molecule has 12 heteroatoms. The van der Waals surface area contributed by atoms with Crippen molar-refractivity contribution in [1.82, 2.24) is 4.90 Å². The number of amides is 3. The predicted octanol–water partition coefficient (Wildman–Crippen LogP) is 5.18. The number of imide groups is 1. The first-order valence-corrected chi connectivity index (χ1v) is 11.8. The van der Waals surface area contributed by atoms with Crippen molar-refractivity contribution in [2.45, 2.75) is 13.8 Å². The summed E-state index contributed by atoms with van der Waals surface area (Å²) in [7, 11) is 0. The molecule has 1 aliphatic rings. The topological polar surface area (TPSA) is 84.9 Å². The first kappa shape index (κ1) is 25.9. The van der Waals surface area contributed by atoms with Gasteiger partial charge in [-0.2, -0.15) is 0 Å². The van der Waals surface area contributed by atoms with E-state index in [4.69, 9.17) is 9.47 Å². The van der Waals surface area contributed by atoms with Crippen LogP contribution in [-0.4, -0.2) is 41.7 Å². The van der Waals surface area contributed by atoms with Gasteiger partial charge in [-0.15, -0.1) is 0 Å². The van der Waals surface area contributed by atoms with E-state index < -0.39 is 46.7 Å². The Bertz CT molecular complexity index is 1190. The number of thioether (sulfide) groups is 1. The molecule has 3 rings (SSSR count). The first-order chi connectivity index (χ1) is 16.2. The zero-order valence-corrected chi connectivity index (χ0v) is 20.9. The Kier molecular flexibility index (Phi) is 8.47. The van der Waals surface area contributed by atoms with Crippen LogP contribution in [0.4, 0.5) is 23.7 Å². The number of halogens is 4. The van der Waals surface area contributed by atoms with Crippen molar-refractivity contribution < 1.29 is 37.0 Å². The predicted molar refractivity (Wildman–Crippen MR) is 129 cm³/mol. The van der Waals surface area contributed by atoms with Gasteiger partial charge in [-0.25, -0.2) is 13.2 Å². The fourth-order valence-corrected chi connectivity index (χ4v) is 4.58. The third-order valence-corrected chi connectivity index (χ3v) is 6.11. The lowest BCUT2D eigenvalue weighted by molar-refractivity contribution is -0.127. The van der Waals surface area contributed by atoms with Crippen LogP contribution in [0.3, 0.4) is 0 Å². The second-order valence-corrected chi connectivity index (χ2v) is 8.89. The Labute approximate surface area is 210 Å². The molecule has 2 aromatic carbocycles. The standard InChI is InChI=1S/C22H18F3IN2O5S/c1-3-32-15-8-11(7-13(26)20(15)33-4-2)9-16-21(30)28(22(31)34-16)10-17(29)27-14-6-5-12(23)18(24)19(14)25/h5-9H,3-4,10H2,1-2H3,(H,27,29)/b16-9+. The molecule has 1 fully saturated rings. The number of hydrogen-bond acceptors (Lipinski definition) is 6. The minimum Gasteiger partial charge on any atom is -0.490 e. The number of ether oxygens (including phenoxy) is 2. The van der Waals surface area contributed by atoms with Crippen molar-refractivity contribution in [3.8, 4) is 11.5 Å². The molecule has 1 N–H and O–H groups in total. The van der Waals surface area contributed by atoms with Crippen LogP contribution < -0.4 is 14.8 Å². The summed E-state index contributed by atoms with van der Waals surface area (Å²) in [6.07, 6.45) is 1.48. The van der Waals surface area contributed by atoms with Gasteiger partial charge in [0, 0.05) is 0 Å². The maximum Gasteiger partial charge on any atom is 0.294 e. The van der Waals surface area contributed by atoms with Gasteiger partial charge in [0.25, 0.3) is 11.1 Å². The van der Waals surface area contributed by atoms with Crippen molar-refractivity contribution in [1.29, 1.82) is 0 Å². The summed E-state index contributed by atoms with van der Waals surface area (Å²) in [6, 6.07) is 4.90. The zero-order chi connectivity index (χ0) is 25.0. The highest BCUT2D eigenvalue weighted by molar-refractivity contribution is 14.1. The lowest BCUT2D eigenvalue weighted by Crippen LogP contribution is -2.36. The van der Waals surface area contributed by atoms with Gasteiger partial charge in [0.1, 0.15) is 6.54 Å². The molecule has 0 aromatic heterocycles. The van der Waals surface area contributed by atoms with Crippen molar-refractivity contribution in [2.75, 3.05) is 25.1 Å². The van der Waals surface area contributed by atoms with E-state index in [1.165, 1.54) is 6.08 Å². The van der Waals surface area contributed by atoms with Gasteiger partial charge in [0.2, 0.25) is 5.91 Å². The van der Waals surface area contributed by atoms with Crippen molar-refractivity contribution in [2.24, 2.45) is 0 Å². The lowest BCUT2D eigenvalue weighted by Gasteiger charge is -2.14. The summed E-state index contributed by atoms with van der Waals surface area (Å²) >= 11 is 2.70. The van der Waals surface area contributed by atoms with Crippen LogP contribution in [0.15, 0.2) is 29.2 Å². The molecule has 0 bridgehead atoms. The molecule has 1 saturated heterocycles. The minimum absolute atomic E-state index is 0.0687. The Morgan fingerprint density at radius 1 is 1.12 bits per heavy atom. The van der Waals surface area contributed by atoms with Gasteiger partial charge in [-0.05, 0) is 84.1 Å². The van der Waals surface area contributed by atoms with Gasteiger partial charge in [-0.3, -0.25) is 19.3 Å². The Morgan fingerprint density at radius 2 is 1.82 bits per heavy atom. The molecule has 180 valence electrons. The number of rotatable bonds is 8. The molecule has 0 saturated carbocycles. The summed E-state index contributed by atoms with van der Waals surface area (Å²) in [5, 5.41) is 1.33. The van der Waals surface area contributed by atoms with E-state index in [2.05, 4.69) is 22.6 Å². The van der Waals surface area contributed by atoms with Crippen molar-refractivity contribution in [3.63, 3.8) is 0 Å². The molecule has 2 aromatic rings. The number of carbonyl (C=O) groups is 3. The normalized spacial score (nSPS) is 14.6. The van der Waals surface area contributed by atoms with Crippen LogP contribution in [0.25, 0.3) is 6.08 Å². The molecule has 0 unspecified atom stereocenters. The van der Waals surface area contributed by atoms with Crippen LogP contribution in [0.2, 0.25) is 0 Å². The van der Waals surface area contributed by atoms with Crippen molar-refractivity contribution >= 4 is 63.2 Å². The molecular weight excluding hydrogens is 588 g/mol. The van der Waals surface area contributed by atoms with Gasteiger partial charge in [0.05, 0.1) is 27.4 Å². The molecular formula is C22H18F3IN2O5S. The first-order valence-electron chi connectivity index (χ1n) is 9.94. The number of nitrogens with one attached hydrogen (secondary N) is 1. The molecule has 0 radical (unpaired) electrons. The molecule has 34 heavy (non-hydrogen) atoms. The van der Waals surface area contributed by atoms with E-state index in [-0.39, 0.29) is 4.91 Å². The number of nitrogens with zero attached hydrogens (tertiary/aromatic N) is 1. The fourth-order valence-electron chi connectivity index (χ4n) is 2.96. The summed E-state index contributed by atoms with van der Waals surface area (Å²) in [6.45, 7) is 3.75. The van der Waals surface area contributed by atoms with E-state index in [1.54, 1.807) is 12.1 Å². The smallest absolute Gasteiger partial charge is 0.294 e. The SMILES string of the molecule is CCOc1cc(/C=C2/SC(=O)N(CC(=O)Nc3ccc(F)c(F)c3F)C2=O)cc(I)c1OCC. The summed E-state index contributed by atoms with van der Waals surface area (Å²) in [5.74, 6) is -5.38. The van der Waals surface area contributed by atoms with Crippen LogP contribution in [0, 0.1) is 21.0 Å². The summed E-state index contributed by atoms with van der Waals surface area (Å²) in [5.41, 5.74) is -0.0334. The Morgan fingerprint density at radius 3 is 2.50 bits per heavy atom. The number of carbonyl (C=O) groups excluding carboxylic acids is 3. The molecule has 0 aliphatic carbocycles. The van der Waals surface area contributed by atoms with Gasteiger partial charge in [0.15, 0.2) is 29.0 Å². The summed E-state index contributed by atoms with van der Waals surface area (Å²) in [4.78, 5) is 38.0. The number of hydrogen-bond donors (Lipinski definition) is 1. The third-order valence-electron chi connectivity index (χ3n) is 4.40. The largest absolute Gasteiger partial charge is 0.490 e. The van der Waals surface area contributed by atoms with Crippen LogP contribution in [-0.2, 0) is 9.59 Å². The van der Waals surface area contributed by atoms with Crippen LogP contribution >= 0.6 is 34.4 Å². The average molecular weight is 606 g/mol. The Hall–Kier alpha value is -2.74. The van der Waals surface area contributed by atoms with Gasteiger partial charge >= 0.3 is 0 Å². The lowest BCUT2D eigenvalue weighted by atomic mass is 10.2. The number of anilines is 1. The highest BCUT2D eigenvalue weighted by Gasteiger charge is 2.36. The molecule has 1 aliphatic heterocycles. The maximum absolute atomic E-state index is 13.8. The second kappa shape index (κ2) is 11.1. The van der Waals surface area contributed by atoms with E-state index in [0.29, 0.717) is 53.0 Å². The van der Waals surface area contributed by atoms with Crippen LogP contribution in [0.5, 0.6) is 11.5 Å².